The number of carbonyl (C=O) groups is 1. The van der Waals surface area contributed by atoms with Crippen LogP contribution in [0.3, 0.4) is 0 Å². The summed E-state index contributed by atoms with van der Waals surface area (Å²) in [6.45, 7) is 4.56. The molecule has 1 fully saturated rings. The maximum Gasteiger partial charge on any atom is 0.411 e. The van der Waals surface area contributed by atoms with E-state index in [0.717, 1.165) is 62.3 Å². The van der Waals surface area contributed by atoms with Gasteiger partial charge in [-0.2, -0.15) is 0 Å². The first-order valence-electron chi connectivity index (χ1n) is 15.5. The quantitative estimate of drug-likeness (QED) is 0.179. The number of rotatable bonds is 15. The Bertz CT molecular complexity index is 1230. The summed E-state index contributed by atoms with van der Waals surface area (Å²) in [5, 5.41) is 12.8. The fourth-order valence-corrected chi connectivity index (χ4v) is 5.65. The van der Waals surface area contributed by atoms with Gasteiger partial charge in [0.15, 0.2) is 0 Å². The normalized spacial score (nSPS) is 14.3. The number of phenolic OH excluding ortho intramolecular Hbond substituents is 1. The van der Waals surface area contributed by atoms with Gasteiger partial charge < -0.3 is 19.6 Å². The Morgan fingerprint density at radius 3 is 2.36 bits per heavy atom. The first kappa shape index (κ1) is 31.5. The van der Waals surface area contributed by atoms with Crippen molar-refractivity contribution >= 4 is 11.8 Å². The van der Waals surface area contributed by atoms with Crippen LogP contribution in [0.15, 0.2) is 72.8 Å². The van der Waals surface area contributed by atoms with Gasteiger partial charge in [-0.3, -0.25) is 5.32 Å². The molecule has 3 aromatic rings. The topological polar surface area (TPSA) is 65.0 Å². The highest BCUT2D eigenvalue weighted by Crippen LogP contribution is 2.28. The van der Waals surface area contributed by atoms with Crippen LogP contribution < -0.4 is 5.32 Å². The Balaban J connectivity index is 1.01. The van der Waals surface area contributed by atoms with Crippen LogP contribution in [0.1, 0.15) is 63.4 Å². The predicted molar refractivity (Wildman–Crippen MR) is 168 cm³/mol. The van der Waals surface area contributed by atoms with Crippen molar-refractivity contribution in [3.8, 4) is 16.9 Å². The third-order valence-corrected chi connectivity index (χ3v) is 8.05. The summed E-state index contributed by atoms with van der Waals surface area (Å²) < 4.78 is 19.2. The number of phenols is 1. The van der Waals surface area contributed by atoms with Crippen LogP contribution >= 0.6 is 0 Å². The van der Waals surface area contributed by atoms with Crippen molar-refractivity contribution in [2.24, 2.45) is 0 Å². The molecular weight excluding hydrogens is 529 g/mol. The molecule has 1 saturated heterocycles. The summed E-state index contributed by atoms with van der Waals surface area (Å²) in [7, 11) is 2.01. The molecule has 0 atom stereocenters. The number of anilines is 1. The van der Waals surface area contributed by atoms with E-state index >= 15 is 0 Å². The number of carbonyl (C=O) groups excluding carboxylic acids is 1. The van der Waals surface area contributed by atoms with Gasteiger partial charge >= 0.3 is 6.09 Å². The molecule has 0 spiro atoms. The molecule has 0 radical (unpaired) electrons. The number of nitrogens with one attached hydrogen (secondary N) is 1. The number of halogens is 1. The Labute approximate surface area is 250 Å². The number of piperidine rings is 1. The van der Waals surface area contributed by atoms with Crippen LogP contribution in [0.4, 0.5) is 14.9 Å². The molecule has 0 aliphatic carbocycles. The van der Waals surface area contributed by atoms with Crippen molar-refractivity contribution in [2.75, 3.05) is 38.5 Å². The lowest BCUT2D eigenvalue weighted by Crippen LogP contribution is -2.38. The molecule has 226 valence electrons. The molecule has 1 aliphatic rings. The fraction of sp³-hybridized carbons (Fsp3) is 0.457. The second kappa shape index (κ2) is 16.9. The van der Waals surface area contributed by atoms with Gasteiger partial charge in [-0.1, -0.05) is 80.6 Å². The van der Waals surface area contributed by atoms with E-state index in [4.69, 9.17) is 4.74 Å². The van der Waals surface area contributed by atoms with Crippen molar-refractivity contribution in [1.82, 2.24) is 9.80 Å². The van der Waals surface area contributed by atoms with Crippen molar-refractivity contribution in [1.29, 1.82) is 0 Å². The largest absolute Gasteiger partial charge is 0.508 e. The van der Waals surface area contributed by atoms with E-state index in [2.05, 4.69) is 15.1 Å². The minimum atomic E-state index is -0.380. The summed E-state index contributed by atoms with van der Waals surface area (Å²) >= 11 is 0. The molecule has 1 heterocycles. The zero-order valence-electron chi connectivity index (χ0n) is 24.9. The molecule has 2 N–H and O–H groups in total. The van der Waals surface area contributed by atoms with Gasteiger partial charge in [-0.05, 0) is 75.6 Å². The molecule has 1 amide bonds. The molecule has 4 rings (SSSR count). The van der Waals surface area contributed by atoms with Crippen molar-refractivity contribution < 1.29 is 19.0 Å². The molecule has 0 saturated carbocycles. The van der Waals surface area contributed by atoms with E-state index in [1.54, 1.807) is 0 Å². The summed E-state index contributed by atoms with van der Waals surface area (Å²) in [5.41, 5.74) is 3.45. The number of hydrogen-bond acceptors (Lipinski definition) is 5. The maximum atomic E-state index is 13.4. The molecule has 0 bridgehead atoms. The number of hydrogen-bond donors (Lipinski definition) is 2. The lowest BCUT2D eigenvalue weighted by molar-refractivity contribution is 0.0584. The number of nitrogens with zero attached hydrogens (tertiary/aromatic N) is 2. The smallest absolute Gasteiger partial charge is 0.411 e. The Morgan fingerprint density at radius 1 is 0.929 bits per heavy atom. The summed E-state index contributed by atoms with van der Waals surface area (Å²) in [4.78, 5) is 17.3. The zero-order valence-corrected chi connectivity index (χ0v) is 24.9. The average Bonchev–Trinajstić information content (AvgIpc) is 2.99. The first-order valence-corrected chi connectivity index (χ1v) is 15.5. The molecular formula is C35H46FN3O3. The number of benzene rings is 3. The SMILES string of the molecule is CN(CCCCCCCCCN1CCC(OC(=O)Nc2ccccc2-c2ccccc2)CC1)Cc1cc(F)ccc1O. The highest BCUT2D eigenvalue weighted by molar-refractivity contribution is 5.91. The van der Waals surface area contributed by atoms with E-state index in [1.165, 1.54) is 56.7 Å². The Morgan fingerprint density at radius 2 is 1.60 bits per heavy atom. The molecule has 0 aromatic heterocycles. The lowest BCUT2D eigenvalue weighted by atomic mass is 10.0. The lowest BCUT2D eigenvalue weighted by Gasteiger charge is -2.31. The van der Waals surface area contributed by atoms with Crippen LogP contribution in [0, 0.1) is 5.82 Å². The molecule has 7 heteroatoms. The van der Waals surface area contributed by atoms with Crippen LogP contribution in [-0.2, 0) is 11.3 Å². The third kappa shape index (κ3) is 10.4. The van der Waals surface area contributed by atoms with Crippen molar-refractivity contribution in [3.63, 3.8) is 0 Å². The standard InChI is InChI=1S/C35H46FN3O3/c1-38(27-29-26-30(36)18-19-34(29)40)22-12-5-3-2-4-6-13-23-39-24-20-31(21-25-39)42-35(41)37-33-17-11-10-16-32(33)28-14-8-7-9-15-28/h7-11,14-19,26,31,40H,2-6,12-13,20-25,27H2,1H3,(H,37,41). The highest BCUT2D eigenvalue weighted by Gasteiger charge is 2.22. The van der Waals surface area contributed by atoms with Gasteiger partial charge in [0.25, 0.3) is 0 Å². The van der Waals surface area contributed by atoms with E-state index in [1.807, 2.05) is 61.6 Å². The second-order valence-electron chi connectivity index (χ2n) is 11.5. The number of unbranched alkanes of at least 4 members (excludes halogenated alkanes) is 6. The molecule has 3 aromatic carbocycles. The van der Waals surface area contributed by atoms with E-state index in [0.29, 0.717) is 12.1 Å². The third-order valence-electron chi connectivity index (χ3n) is 8.05. The molecule has 6 nitrogen and oxygen atoms in total. The maximum absolute atomic E-state index is 13.4. The van der Waals surface area contributed by atoms with Gasteiger partial charge in [0, 0.05) is 30.8 Å². The highest BCUT2D eigenvalue weighted by atomic mass is 19.1. The van der Waals surface area contributed by atoms with Gasteiger partial charge in [0.1, 0.15) is 17.7 Å². The van der Waals surface area contributed by atoms with Crippen LogP contribution in [0.5, 0.6) is 5.75 Å². The zero-order chi connectivity index (χ0) is 29.6. The number of aromatic hydroxyl groups is 1. The number of amides is 1. The van der Waals surface area contributed by atoms with E-state index < -0.39 is 0 Å². The van der Waals surface area contributed by atoms with Crippen molar-refractivity contribution in [3.05, 3.63) is 84.2 Å². The van der Waals surface area contributed by atoms with E-state index in [9.17, 15) is 14.3 Å². The number of likely N-dealkylation sites (tertiary alicyclic amines) is 1. The molecule has 42 heavy (non-hydrogen) atoms. The predicted octanol–water partition coefficient (Wildman–Crippen LogP) is 8.07. The van der Waals surface area contributed by atoms with Gasteiger partial charge in [-0.15, -0.1) is 0 Å². The Kier molecular flexibility index (Phi) is 12.7. The Hall–Kier alpha value is -3.42. The summed E-state index contributed by atoms with van der Waals surface area (Å²) in [6.07, 6.45) is 9.85. The van der Waals surface area contributed by atoms with Gasteiger partial charge in [-0.25, -0.2) is 9.18 Å². The first-order chi connectivity index (χ1) is 20.5. The van der Waals surface area contributed by atoms with E-state index in [-0.39, 0.29) is 23.8 Å². The van der Waals surface area contributed by atoms with Crippen LogP contribution in [-0.4, -0.2) is 60.3 Å². The minimum absolute atomic E-state index is 0.0382. The van der Waals surface area contributed by atoms with Crippen molar-refractivity contribution in [2.45, 2.75) is 70.4 Å². The number of ether oxygens (including phenoxy) is 1. The number of para-hydroxylation sites is 1. The monoisotopic (exact) mass is 575 g/mol. The minimum Gasteiger partial charge on any atom is -0.508 e. The van der Waals surface area contributed by atoms with Gasteiger partial charge in [0.05, 0.1) is 5.69 Å². The molecule has 0 unspecified atom stereocenters. The summed E-state index contributed by atoms with van der Waals surface area (Å²) in [6, 6.07) is 22.0. The van der Waals surface area contributed by atoms with Crippen LogP contribution in [0.2, 0.25) is 0 Å². The second-order valence-corrected chi connectivity index (χ2v) is 11.5. The molecule has 1 aliphatic heterocycles. The summed E-state index contributed by atoms with van der Waals surface area (Å²) in [5.74, 6) is -0.152. The van der Waals surface area contributed by atoms with Crippen LogP contribution in [0.25, 0.3) is 11.1 Å². The van der Waals surface area contributed by atoms with Gasteiger partial charge in [0.2, 0.25) is 0 Å². The fourth-order valence-electron chi connectivity index (χ4n) is 5.65. The average molecular weight is 576 g/mol.